The lowest BCUT2D eigenvalue weighted by Gasteiger charge is -2.27. The summed E-state index contributed by atoms with van der Waals surface area (Å²) in [5.41, 5.74) is 1.53. The van der Waals surface area contributed by atoms with Crippen molar-refractivity contribution in [2.24, 2.45) is 0 Å². The molecule has 0 bridgehead atoms. The fourth-order valence-corrected chi connectivity index (χ4v) is 2.50. The Kier molecular flexibility index (Phi) is 5.53. The summed E-state index contributed by atoms with van der Waals surface area (Å²) in [6.07, 6.45) is 4.95. The van der Waals surface area contributed by atoms with E-state index in [1.807, 2.05) is 6.07 Å². The lowest BCUT2D eigenvalue weighted by atomic mass is 10.1. The van der Waals surface area contributed by atoms with Crippen molar-refractivity contribution in [2.45, 2.75) is 0 Å². The number of nitrogens with zero attached hydrogens (tertiary/aromatic N) is 2. The smallest absolute Gasteiger partial charge is 0.270 e. The predicted octanol–water partition coefficient (Wildman–Crippen LogP) is 1.71. The van der Waals surface area contributed by atoms with Gasteiger partial charge in [-0.15, -0.1) is 0 Å². The number of ether oxygens (including phenoxy) is 1. The molecule has 1 aromatic carbocycles. The molecule has 0 aliphatic carbocycles. The Morgan fingerprint density at radius 2 is 1.72 bits per heavy atom. The minimum absolute atomic E-state index is 0.218. The Labute approximate surface area is 146 Å². The number of hydrogen-bond donors (Lipinski definition) is 1. The van der Waals surface area contributed by atoms with E-state index in [0.29, 0.717) is 31.9 Å². The maximum atomic E-state index is 12.8. The van der Waals surface area contributed by atoms with Gasteiger partial charge in [-0.25, -0.2) is 0 Å². The van der Waals surface area contributed by atoms with Crippen LogP contribution in [0.2, 0.25) is 0 Å². The molecular formula is C19H19N3O3. The second-order valence-electron chi connectivity index (χ2n) is 5.56. The van der Waals surface area contributed by atoms with Gasteiger partial charge in [0.25, 0.3) is 11.8 Å². The van der Waals surface area contributed by atoms with Gasteiger partial charge < -0.3 is 15.0 Å². The van der Waals surface area contributed by atoms with Gasteiger partial charge in [0.05, 0.1) is 13.2 Å². The first kappa shape index (κ1) is 16.9. The normalized spacial score (nSPS) is 14.9. The van der Waals surface area contributed by atoms with Crippen LogP contribution in [0.3, 0.4) is 0 Å². The SMILES string of the molecule is O=C(NC(=Cc1ccncc1)C(=O)N1CCOCC1)c1ccccc1. The van der Waals surface area contributed by atoms with Gasteiger partial charge in [-0.1, -0.05) is 18.2 Å². The average Bonchev–Trinajstić information content (AvgIpc) is 2.69. The van der Waals surface area contributed by atoms with Crippen molar-refractivity contribution < 1.29 is 14.3 Å². The molecule has 2 amide bonds. The first-order valence-electron chi connectivity index (χ1n) is 8.09. The Balaban J connectivity index is 1.85. The summed E-state index contributed by atoms with van der Waals surface area (Å²) < 4.78 is 5.29. The fraction of sp³-hybridized carbons (Fsp3) is 0.211. The fourth-order valence-electron chi connectivity index (χ4n) is 2.50. The maximum Gasteiger partial charge on any atom is 0.270 e. The number of benzene rings is 1. The summed E-state index contributed by atoms with van der Waals surface area (Å²) in [4.78, 5) is 31.0. The molecule has 6 nitrogen and oxygen atoms in total. The minimum Gasteiger partial charge on any atom is -0.378 e. The van der Waals surface area contributed by atoms with E-state index in [2.05, 4.69) is 10.3 Å². The zero-order valence-corrected chi connectivity index (χ0v) is 13.7. The molecule has 0 unspecified atom stereocenters. The predicted molar refractivity (Wildman–Crippen MR) is 93.5 cm³/mol. The summed E-state index contributed by atoms with van der Waals surface area (Å²) in [6, 6.07) is 12.4. The van der Waals surface area contributed by atoms with E-state index in [9.17, 15) is 9.59 Å². The highest BCUT2D eigenvalue weighted by atomic mass is 16.5. The topological polar surface area (TPSA) is 71.5 Å². The van der Waals surface area contributed by atoms with E-state index < -0.39 is 0 Å². The lowest BCUT2D eigenvalue weighted by Crippen LogP contribution is -2.44. The van der Waals surface area contributed by atoms with E-state index in [1.165, 1.54) is 0 Å². The highest BCUT2D eigenvalue weighted by Crippen LogP contribution is 2.10. The van der Waals surface area contributed by atoms with Crippen LogP contribution >= 0.6 is 0 Å². The molecule has 25 heavy (non-hydrogen) atoms. The average molecular weight is 337 g/mol. The zero-order chi connectivity index (χ0) is 17.5. The third-order valence-corrected chi connectivity index (χ3v) is 3.83. The van der Waals surface area contributed by atoms with Crippen molar-refractivity contribution in [1.82, 2.24) is 15.2 Å². The van der Waals surface area contributed by atoms with Crippen molar-refractivity contribution in [1.29, 1.82) is 0 Å². The minimum atomic E-state index is -0.317. The summed E-state index contributed by atoms with van der Waals surface area (Å²) in [5.74, 6) is -0.535. The van der Waals surface area contributed by atoms with Gasteiger partial charge in [0.15, 0.2) is 0 Å². The highest BCUT2D eigenvalue weighted by molar-refractivity contribution is 6.05. The van der Waals surface area contributed by atoms with Crippen LogP contribution in [0.25, 0.3) is 6.08 Å². The molecule has 128 valence electrons. The molecule has 2 aromatic rings. The van der Waals surface area contributed by atoms with Crippen LogP contribution in [0.5, 0.6) is 0 Å². The summed E-state index contributed by atoms with van der Waals surface area (Å²) in [6.45, 7) is 2.02. The lowest BCUT2D eigenvalue weighted by molar-refractivity contribution is -0.131. The highest BCUT2D eigenvalue weighted by Gasteiger charge is 2.22. The van der Waals surface area contributed by atoms with Crippen molar-refractivity contribution in [3.63, 3.8) is 0 Å². The van der Waals surface area contributed by atoms with Crippen molar-refractivity contribution in [3.05, 3.63) is 71.7 Å². The number of hydrogen-bond acceptors (Lipinski definition) is 4. The van der Waals surface area contributed by atoms with Crippen LogP contribution in [0.4, 0.5) is 0 Å². The Bertz CT molecular complexity index is 754. The number of rotatable bonds is 4. The van der Waals surface area contributed by atoms with Crippen LogP contribution in [-0.2, 0) is 9.53 Å². The quantitative estimate of drug-likeness (QED) is 0.862. The Hall–Kier alpha value is -2.99. The second-order valence-corrected chi connectivity index (χ2v) is 5.56. The first-order chi connectivity index (χ1) is 12.2. The molecule has 1 saturated heterocycles. The molecular weight excluding hydrogens is 318 g/mol. The molecule has 0 atom stereocenters. The molecule has 2 heterocycles. The first-order valence-corrected chi connectivity index (χ1v) is 8.09. The van der Waals surface area contributed by atoms with Gasteiger partial charge >= 0.3 is 0 Å². The van der Waals surface area contributed by atoms with Crippen molar-refractivity contribution in [3.8, 4) is 0 Å². The number of carbonyl (C=O) groups excluding carboxylic acids is 2. The molecule has 3 rings (SSSR count). The Morgan fingerprint density at radius 3 is 2.40 bits per heavy atom. The van der Waals surface area contributed by atoms with Gasteiger partial charge in [-0.2, -0.15) is 0 Å². The van der Waals surface area contributed by atoms with E-state index in [4.69, 9.17) is 4.74 Å². The van der Waals surface area contributed by atoms with Gasteiger partial charge in [-0.05, 0) is 35.9 Å². The molecule has 1 N–H and O–H groups in total. The summed E-state index contributed by atoms with van der Waals surface area (Å²) in [7, 11) is 0. The number of pyridine rings is 1. The number of morpholine rings is 1. The largest absolute Gasteiger partial charge is 0.378 e. The third kappa shape index (κ3) is 4.51. The number of aromatic nitrogens is 1. The Morgan fingerprint density at radius 1 is 1.04 bits per heavy atom. The van der Waals surface area contributed by atoms with Gasteiger partial charge in [-0.3, -0.25) is 14.6 Å². The number of nitrogens with one attached hydrogen (secondary N) is 1. The van der Waals surface area contributed by atoms with Crippen molar-refractivity contribution >= 4 is 17.9 Å². The van der Waals surface area contributed by atoms with Crippen LogP contribution in [0.15, 0.2) is 60.6 Å². The number of carbonyl (C=O) groups is 2. The standard InChI is InChI=1S/C19H19N3O3/c23-18(16-4-2-1-3-5-16)21-17(14-15-6-8-20-9-7-15)19(24)22-10-12-25-13-11-22/h1-9,14H,10-13H2,(H,21,23). The van der Waals surface area contributed by atoms with Crippen LogP contribution in [-0.4, -0.2) is 48.0 Å². The molecule has 1 aliphatic heterocycles. The second kappa shape index (κ2) is 8.21. The van der Waals surface area contributed by atoms with E-state index in [-0.39, 0.29) is 17.5 Å². The summed E-state index contributed by atoms with van der Waals surface area (Å²) in [5, 5.41) is 2.75. The van der Waals surface area contributed by atoms with Crippen LogP contribution < -0.4 is 5.32 Å². The van der Waals surface area contributed by atoms with Crippen molar-refractivity contribution in [2.75, 3.05) is 26.3 Å². The number of amides is 2. The van der Waals surface area contributed by atoms with Gasteiger partial charge in [0, 0.05) is 31.0 Å². The molecule has 0 spiro atoms. The molecule has 1 fully saturated rings. The van der Waals surface area contributed by atoms with Crippen LogP contribution in [0.1, 0.15) is 15.9 Å². The molecule has 1 aliphatic rings. The molecule has 1 aromatic heterocycles. The van der Waals surface area contributed by atoms with E-state index in [1.54, 1.807) is 59.8 Å². The molecule has 6 heteroatoms. The third-order valence-electron chi connectivity index (χ3n) is 3.83. The summed E-state index contributed by atoms with van der Waals surface area (Å²) >= 11 is 0. The molecule has 0 radical (unpaired) electrons. The van der Waals surface area contributed by atoms with Gasteiger partial charge in [0.1, 0.15) is 5.70 Å². The van der Waals surface area contributed by atoms with Crippen LogP contribution in [0, 0.1) is 0 Å². The monoisotopic (exact) mass is 337 g/mol. The van der Waals surface area contributed by atoms with E-state index >= 15 is 0 Å². The molecule has 0 saturated carbocycles. The maximum absolute atomic E-state index is 12.8. The van der Waals surface area contributed by atoms with Gasteiger partial charge in [0.2, 0.25) is 0 Å². The zero-order valence-electron chi connectivity index (χ0n) is 13.7. The van der Waals surface area contributed by atoms with E-state index in [0.717, 1.165) is 5.56 Å².